The number of hydrogen-bond donors (Lipinski definition) is 0. The molecule has 0 N–H and O–H groups in total. The molecule has 0 saturated carbocycles. The summed E-state index contributed by atoms with van der Waals surface area (Å²) in [6.45, 7) is 5.20. The number of benzene rings is 2. The van der Waals surface area contributed by atoms with Crippen LogP contribution in [0.4, 0.5) is 4.39 Å². The number of nitrogens with zero attached hydrogens (tertiary/aromatic N) is 2. The van der Waals surface area contributed by atoms with Gasteiger partial charge in [0, 0.05) is 23.5 Å². The highest BCUT2D eigenvalue weighted by atomic mass is 19.1. The van der Waals surface area contributed by atoms with Crippen LogP contribution in [0.25, 0.3) is 22.5 Å². The molecule has 1 heterocycles. The van der Waals surface area contributed by atoms with E-state index in [9.17, 15) is 4.39 Å². The van der Waals surface area contributed by atoms with E-state index in [1.807, 2.05) is 60.9 Å². The molecular weight excluding hydrogens is 439 g/mol. The van der Waals surface area contributed by atoms with Crippen LogP contribution in [-0.4, -0.2) is 29.4 Å². The van der Waals surface area contributed by atoms with Crippen LogP contribution in [0, 0.1) is 0 Å². The number of alkyl halides is 1. The van der Waals surface area contributed by atoms with Crippen LogP contribution >= 0.6 is 0 Å². The number of aromatic nitrogens is 2. The SMILES string of the molecule is CCCCCCCOc1ccc(-c2cnc(-c3ccc(OCC(F)CCCCC)cc3)nc2)cc1. The van der Waals surface area contributed by atoms with Crippen LogP contribution in [0.5, 0.6) is 11.5 Å². The molecule has 0 fully saturated rings. The molecule has 1 atom stereocenters. The van der Waals surface area contributed by atoms with Crippen molar-refractivity contribution in [3.8, 4) is 34.0 Å². The van der Waals surface area contributed by atoms with Crippen molar-refractivity contribution in [1.29, 1.82) is 0 Å². The third-order valence-electron chi connectivity index (χ3n) is 6.02. The average molecular weight is 479 g/mol. The smallest absolute Gasteiger partial charge is 0.159 e. The molecule has 0 spiro atoms. The lowest BCUT2D eigenvalue weighted by Gasteiger charge is -2.11. The predicted molar refractivity (Wildman–Crippen MR) is 142 cm³/mol. The van der Waals surface area contributed by atoms with Crippen molar-refractivity contribution in [2.45, 2.75) is 77.8 Å². The molecule has 3 aromatic rings. The fourth-order valence-corrected chi connectivity index (χ4v) is 3.85. The summed E-state index contributed by atoms with van der Waals surface area (Å²) in [6.07, 6.45) is 12.5. The molecule has 0 amide bonds. The maximum atomic E-state index is 13.9. The molecule has 0 radical (unpaired) electrons. The summed E-state index contributed by atoms with van der Waals surface area (Å²) < 4.78 is 25.4. The van der Waals surface area contributed by atoms with Gasteiger partial charge in [-0.05, 0) is 54.8 Å². The Balaban J connectivity index is 1.47. The molecule has 4 nitrogen and oxygen atoms in total. The lowest BCUT2D eigenvalue weighted by molar-refractivity contribution is 0.184. The van der Waals surface area contributed by atoms with E-state index >= 15 is 0 Å². The summed E-state index contributed by atoms with van der Waals surface area (Å²) >= 11 is 0. The van der Waals surface area contributed by atoms with Crippen molar-refractivity contribution >= 4 is 0 Å². The molecule has 0 saturated heterocycles. The minimum absolute atomic E-state index is 0.0943. The van der Waals surface area contributed by atoms with Crippen LogP contribution in [0.3, 0.4) is 0 Å². The van der Waals surface area contributed by atoms with Gasteiger partial charge in [-0.15, -0.1) is 0 Å². The van der Waals surface area contributed by atoms with Gasteiger partial charge in [0.25, 0.3) is 0 Å². The summed E-state index contributed by atoms with van der Waals surface area (Å²) in [5.74, 6) is 2.20. The predicted octanol–water partition coefficient (Wildman–Crippen LogP) is 8.46. The Morgan fingerprint density at radius 1 is 0.657 bits per heavy atom. The molecule has 1 unspecified atom stereocenters. The molecule has 0 aliphatic rings. The molecule has 35 heavy (non-hydrogen) atoms. The van der Waals surface area contributed by atoms with Gasteiger partial charge in [-0.25, -0.2) is 14.4 Å². The Morgan fingerprint density at radius 3 is 1.89 bits per heavy atom. The number of hydrogen-bond acceptors (Lipinski definition) is 4. The zero-order valence-electron chi connectivity index (χ0n) is 21.2. The summed E-state index contributed by atoms with van der Waals surface area (Å²) in [5, 5.41) is 0. The number of ether oxygens (including phenoxy) is 2. The van der Waals surface area contributed by atoms with E-state index < -0.39 is 6.17 Å². The van der Waals surface area contributed by atoms with E-state index in [2.05, 4.69) is 23.8 Å². The Kier molecular flexibility index (Phi) is 11.5. The fourth-order valence-electron chi connectivity index (χ4n) is 3.85. The Labute approximate surface area is 209 Å². The Hall–Kier alpha value is -2.95. The largest absolute Gasteiger partial charge is 0.494 e. The molecule has 1 aromatic heterocycles. The first-order valence-electron chi connectivity index (χ1n) is 13.1. The first kappa shape index (κ1) is 26.7. The third kappa shape index (κ3) is 9.31. The van der Waals surface area contributed by atoms with Crippen LogP contribution < -0.4 is 9.47 Å². The zero-order chi connectivity index (χ0) is 24.7. The molecule has 2 aromatic carbocycles. The van der Waals surface area contributed by atoms with Crippen molar-refractivity contribution < 1.29 is 13.9 Å². The van der Waals surface area contributed by atoms with Gasteiger partial charge in [-0.3, -0.25) is 0 Å². The highest BCUT2D eigenvalue weighted by Gasteiger charge is 2.08. The van der Waals surface area contributed by atoms with Gasteiger partial charge >= 0.3 is 0 Å². The zero-order valence-corrected chi connectivity index (χ0v) is 21.2. The van der Waals surface area contributed by atoms with Gasteiger partial charge in [-0.2, -0.15) is 0 Å². The van der Waals surface area contributed by atoms with Crippen LogP contribution in [0.1, 0.15) is 71.6 Å². The molecule has 5 heteroatoms. The summed E-state index contributed by atoms with van der Waals surface area (Å²) in [6, 6.07) is 15.6. The normalized spacial score (nSPS) is 11.9. The third-order valence-corrected chi connectivity index (χ3v) is 6.02. The molecule has 0 aliphatic carbocycles. The van der Waals surface area contributed by atoms with E-state index in [4.69, 9.17) is 9.47 Å². The minimum Gasteiger partial charge on any atom is -0.494 e. The quantitative estimate of drug-likeness (QED) is 0.194. The van der Waals surface area contributed by atoms with Crippen molar-refractivity contribution in [2.75, 3.05) is 13.2 Å². The highest BCUT2D eigenvalue weighted by Crippen LogP contribution is 2.24. The summed E-state index contributed by atoms with van der Waals surface area (Å²) in [7, 11) is 0. The van der Waals surface area contributed by atoms with Gasteiger partial charge in [0.2, 0.25) is 0 Å². The number of unbranched alkanes of at least 4 members (excludes halogenated alkanes) is 6. The molecular formula is C30H39FN2O2. The van der Waals surface area contributed by atoms with Gasteiger partial charge < -0.3 is 9.47 Å². The maximum Gasteiger partial charge on any atom is 0.159 e. The van der Waals surface area contributed by atoms with Crippen molar-refractivity contribution in [3.63, 3.8) is 0 Å². The van der Waals surface area contributed by atoms with Crippen molar-refractivity contribution in [2.24, 2.45) is 0 Å². The monoisotopic (exact) mass is 478 g/mol. The lowest BCUT2D eigenvalue weighted by atomic mass is 10.1. The van der Waals surface area contributed by atoms with Crippen molar-refractivity contribution in [1.82, 2.24) is 9.97 Å². The highest BCUT2D eigenvalue weighted by molar-refractivity contribution is 5.64. The van der Waals surface area contributed by atoms with E-state index in [1.165, 1.54) is 25.7 Å². The van der Waals surface area contributed by atoms with E-state index in [0.29, 0.717) is 18.0 Å². The standard InChI is InChI=1S/C30H39FN2O2/c1-3-5-7-8-10-20-34-28-16-12-24(13-17-28)26-21-32-30(33-22-26)25-14-18-29(19-15-25)35-23-27(31)11-9-6-4-2/h12-19,21-22,27H,3-11,20,23H2,1-2H3. The van der Waals surface area contributed by atoms with E-state index in [1.54, 1.807) is 0 Å². The minimum atomic E-state index is -0.923. The Morgan fingerprint density at radius 2 is 1.23 bits per heavy atom. The van der Waals surface area contributed by atoms with Crippen LogP contribution in [-0.2, 0) is 0 Å². The second kappa shape index (κ2) is 15.1. The van der Waals surface area contributed by atoms with Crippen molar-refractivity contribution in [3.05, 3.63) is 60.9 Å². The second-order valence-electron chi connectivity index (χ2n) is 9.01. The van der Waals surface area contributed by atoms with Gasteiger partial charge in [0.1, 0.15) is 24.3 Å². The number of rotatable bonds is 16. The van der Waals surface area contributed by atoms with Gasteiger partial charge in [0.15, 0.2) is 5.82 Å². The van der Waals surface area contributed by atoms with E-state index in [0.717, 1.165) is 54.7 Å². The maximum absolute atomic E-state index is 13.9. The average Bonchev–Trinajstić information content (AvgIpc) is 2.90. The number of halogens is 1. The summed E-state index contributed by atoms with van der Waals surface area (Å²) in [5.41, 5.74) is 2.90. The first-order chi connectivity index (χ1) is 17.2. The topological polar surface area (TPSA) is 44.2 Å². The van der Waals surface area contributed by atoms with Crippen LogP contribution in [0.15, 0.2) is 60.9 Å². The van der Waals surface area contributed by atoms with E-state index in [-0.39, 0.29) is 6.61 Å². The van der Waals surface area contributed by atoms with Gasteiger partial charge in [0.05, 0.1) is 6.61 Å². The fraction of sp³-hybridized carbons (Fsp3) is 0.467. The lowest BCUT2D eigenvalue weighted by Crippen LogP contribution is -2.12. The summed E-state index contributed by atoms with van der Waals surface area (Å²) in [4.78, 5) is 9.07. The molecule has 3 rings (SSSR count). The Bertz CT molecular complexity index is 959. The second-order valence-corrected chi connectivity index (χ2v) is 9.01. The molecule has 0 bridgehead atoms. The molecule has 0 aliphatic heterocycles. The van der Waals surface area contributed by atoms with Crippen LogP contribution in [0.2, 0.25) is 0 Å². The molecule has 188 valence electrons. The van der Waals surface area contributed by atoms with Gasteiger partial charge in [-0.1, -0.05) is 70.9 Å². The first-order valence-corrected chi connectivity index (χ1v) is 13.1.